The molecule has 0 unspecified atom stereocenters. The van der Waals surface area contributed by atoms with Crippen LogP contribution in [-0.4, -0.2) is 47.5 Å². The molecule has 7 nitrogen and oxygen atoms in total. The van der Waals surface area contributed by atoms with Gasteiger partial charge in [0.05, 0.1) is 36.8 Å². The molecule has 2 heterocycles. The molecule has 0 bridgehead atoms. The zero-order valence-electron chi connectivity index (χ0n) is 19.4. The van der Waals surface area contributed by atoms with E-state index in [-0.39, 0.29) is 34.7 Å². The van der Waals surface area contributed by atoms with Gasteiger partial charge in [-0.1, -0.05) is 31.0 Å². The van der Waals surface area contributed by atoms with Crippen LogP contribution in [0.25, 0.3) is 0 Å². The number of aromatic nitrogens is 2. The summed E-state index contributed by atoms with van der Waals surface area (Å²) in [5.41, 5.74) is 0.813. The SMILES string of the molecule is O=C(C1CCCC1)N(Cc1cnc(S(=O)(=O)Cc2ccccc2F)n1C[C@@H]1CCCO1)C1CC1. The van der Waals surface area contributed by atoms with Crippen LogP contribution >= 0.6 is 0 Å². The third kappa shape index (κ3) is 5.05. The zero-order chi connectivity index (χ0) is 23.7. The lowest BCUT2D eigenvalue weighted by Crippen LogP contribution is -2.37. The molecule has 3 fully saturated rings. The summed E-state index contributed by atoms with van der Waals surface area (Å²) in [6.07, 6.45) is 9.25. The Bertz CT molecular complexity index is 1130. The summed E-state index contributed by atoms with van der Waals surface area (Å²) >= 11 is 0. The van der Waals surface area contributed by atoms with Gasteiger partial charge in [0, 0.05) is 24.1 Å². The van der Waals surface area contributed by atoms with Crippen LogP contribution in [0.2, 0.25) is 0 Å². The van der Waals surface area contributed by atoms with Crippen LogP contribution < -0.4 is 0 Å². The molecule has 34 heavy (non-hydrogen) atoms. The maximum Gasteiger partial charge on any atom is 0.228 e. The fourth-order valence-electron chi connectivity index (χ4n) is 5.19. The number of rotatable bonds is 9. The lowest BCUT2D eigenvalue weighted by molar-refractivity contribution is -0.136. The number of hydrogen-bond acceptors (Lipinski definition) is 5. The highest BCUT2D eigenvalue weighted by molar-refractivity contribution is 7.90. The van der Waals surface area contributed by atoms with Gasteiger partial charge in [0.25, 0.3) is 0 Å². The van der Waals surface area contributed by atoms with Crippen molar-refractivity contribution in [1.82, 2.24) is 14.5 Å². The number of benzene rings is 1. The number of ether oxygens (including phenoxy) is 1. The number of carbonyl (C=O) groups excluding carboxylic acids is 1. The van der Waals surface area contributed by atoms with Crippen LogP contribution in [0, 0.1) is 11.7 Å². The maximum atomic E-state index is 14.2. The van der Waals surface area contributed by atoms with Crippen molar-refractivity contribution in [2.24, 2.45) is 5.92 Å². The molecule has 0 radical (unpaired) electrons. The molecule has 2 aromatic rings. The summed E-state index contributed by atoms with van der Waals surface area (Å²) in [5, 5.41) is -0.0784. The highest BCUT2D eigenvalue weighted by atomic mass is 32.2. The molecular formula is C25H32FN3O4S. The fourth-order valence-corrected chi connectivity index (χ4v) is 6.71. The minimum absolute atomic E-state index is 0.0689. The van der Waals surface area contributed by atoms with Gasteiger partial charge in [0.2, 0.25) is 20.9 Å². The van der Waals surface area contributed by atoms with Crippen molar-refractivity contribution >= 4 is 15.7 Å². The van der Waals surface area contributed by atoms with E-state index in [4.69, 9.17) is 4.74 Å². The first-order valence-electron chi connectivity index (χ1n) is 12.3. The molecule has 1 atom stereocenters. The van der Waals surface area contributed by atoms with Crippen LogP contribution in [0.1, 0.15) is 62.6 Å². The Hall–Kier alpha value is -2.26. The molecule has 9 heteroatoms. The first kappa shape index (κ1) is 23.5. The van der Waals surface area contributed by atoms with Crippen LogP contribution in [0.3, 0.4) is 0 Å². The summed E-state index contributed by atoms with van der Waals surface area (Å²) < 4.78 is 48.4. The van der Waals surface area contributed by atoms with Gasteiger partial charge in [-0.05, 0) is 44.6 Å². The molecule has 184 valence electrons. The molecule has 5 rings (SSSR count). The second-order valence-electron chi connectivity index (χ2n) is 9.81. The van der Waals surface area contributed by atoms with E-state index in [1.807, 2.05) is 4.90 Å². The first-order chi connectivity index (χ1) is 16.4. The number of nitrogens with zero attached hydrogens (tertiary/aromatic N) is 3. The predicted molar refractivity (Wildman–Crippen MR) is 124 cm³/mol. The van der Waals surface area contributed by atoms with E-state index in [9.17, 15) is 17.6 Å². The van der Waals surface area contributed by atoms with Crippen molar-refractivity contribution in [3.05, 3.63) is 47.5 Å². The molecule has 2 saturated carbocycles. The number of sulfone groups is 1. The Balaban J connectivity index is 1.45. The van der Waals surface area contributed by atoms with Gasteiger partial charge in [0.15, 0.2) is 0 Å². The van der Waals surface area contributed by atoms with Gasteiger partial charge >= 0.3 is 0 Å². The topological polar surface area (TPSA) is 81.5 Å². The third-order valence-electron chi connectivity index (χ3n) is 7.20. The van der Waals surface area contributed by atoms with Crippen molar-refractivity contribution < 1.29 is 22.3 Å². The Morgan fingerprint density at radius 1 is 1.12 bits per heavy atom. The van der Waals surface area contributed by atoms with Crippen molar-refractivity contribution in [2.75, 3.05) is 6.61 Å². The summed E-state index contributed by atoms with van der Waals surface area (Å²) in [7, 11) is -3.91. The van der Waals surface area contributed by atoms with Crippen LogP contribution in [0.15, 0.2) is 35.6 Å². The molecule has 3 aliphatic rings. The number of halogens is 1. The lowest BCUT2D eigenvalue weighted by atomic mass is 10.1. The third-order valence-corrected chi connectivity index (χ3v) is 8.77. The number of carbonyl (C=O) groups is 1. The minimum Gasteiger partial charge on any atom is -0.376 e. The van der Waals surface area contributed by atoms with Gasteiger partial charge in [-0.2, -0.15) is 0 Å². The molecule has 1 aliphatic heterocycles. The average Bonchev–Trinajstić information content (AvgIpc) is 3.22. The molecular weight excluding hydrogens is 457 g/mol. The molecule has 0 spiro atoms. The Kier molecular flexibility index (Phi) is 6.75. The quantitative estimate of drug-likeness (QED) is 0.534. The molecule has 1 aromatic heterocycles. The van der Waals surface area contributed by atoms with Gasteiger partial charge in [-0.3, -0.25) is 4.79 Å². The maximum absolute atomic E-state index is 14.2. The van der Waals surface area contributed by atoms with Gasteiger partial charge in [-0.15, -0.1) is 0 Å². The van der Waals surface area contributed by atoms with Crippen LogP contribution in [0.4, 0.5) is 4.39 Å². The molecule has 1 aromatic carbocycles. The van der Waals surface area contributed by atoms with E-state index in [2.05, 4.69) is 4.98 Å². The number of amides is 1. The summed E-state index contributed by atoms with van der Waals surface area (Å²) in [5.74, 6) is -0.764. The fraction of sp³-hybridized carbons (Fsp3) is 0.600. The minimum atomic E-state index is -3.91. The van der Waals surface area contributed by atoms with E-state index in [0.29, 0.717) is 25.4 Å². The summed E-state index contributed by atoms with van der Waals surface area (Å²) in [6.45, 7) is 1.35. The zero-order valence-corrected chi connectivity index (χ0v) is 20.2. The van der Waals surface area contributed by atoms with Crippen LogP contribution in [-0.2, 0) is 38.2 Å². The van der Waals surface area contributed by atoms with Crippen molar-refractivity contribution in [3.8, 4) is 0 Å². The normalized spacial score (nSPS) is 21.3. The summed E-state index contributed by atoms with van der Waals surface area (Å²) in [6, 6.07) is 6.13. The molecule has 1 saturated heterocycles. The number of hydrogen-bond donors (Lipinski definition) is 0. The smallest absolute Gasteiger partial charge is 0.228 e. The van der Waals surface area contributed by atoms with Gasteiger partial charge < -0.3 is 14.2 Å². The predicted octanol–water partition coefficient (Wildman–Crippen LogP) is 3.86. The second-order valence-corrected chi connectivity index (χ2v) is 11.7. The van der Waals surface area contributed by atoms with E-state index < -0.39 is 21.4 Å². The summed E-state index contributed by atoms with van der Waals surface area (Å²) in [4.78, 5) is 19.5. The highest BCUT2D eigenvalue weighted by Gasteiger charge is 2.38. The Morgan fingerprint density at radius 3 is 2.56 bits per heavy atom. The van der Waals surface area contributed by atoms with E-state index in [1.165, 1.54) is 18.2 Å². The second kappa shape index (κ2) is 9.77. The monoisotopic (exact) mass is 489 g/mol. The first-order valence-corrected chi connectivity index (χ1v) is 14.0. The molecule has 0 N–H and O–H groups in total. The highest BCUT2D eigenvalue weighted by Crippen LogP contribution is 2.34. The lowest BCUT2D eigenvalue weighted by Gasteiger charge is -2.26. The molecule has 2 aliphatic carbocycles. The Morgan fingerprint density at radius 2 is 1.88 bits per heavy atom. The number of imidazole rings is 1. The van der Waals surface area contributed by atoms with Gasteiger partial charge in [-0.25, -0.2) is 17.8 Å². The van der Waals surface area contributed by atoms with E-state index in [1.54, 1.807) is 16.8 Å². The van der Waals surface area contributed by atoms with Crippen molar-refractivity contribution in [3.63, 3.8) is 0 Å². The van der Waals surface area contributed by atoms with Crippen LogP contribution in [0.5, 0.6) is 0 Å². The van der Waals surface area contributed by atoms with Crippen molar-refractivity contribution in [1.29, 1.82) is 0 Å². The van der Waals surface area contributed by atoms with Crippen molar-refractivity contribution in [2.45, 2.75) is 87.5 Å². The standard InChI is InChI=1S/C25H32FN3O4S/c26-23-10-4-3-8-19(23)17-34(31,32)25-27-14-21(29(25)16-22-9-5-13-33-22)15-28(20-11-12-20)24(30)18-6-1-2-7-18/h3-4,8,10,14,18,20,22H,1-2,5-7,9,11-13,15-17H2/t22-/m0/s1. The van der Waals surface area contributed by atoms with E-state index in [0.717, 1.165) is 51.4 Å². The van der Waals surface area contributed by atoms with E-state index >= 15 is 0 Å². The average molecular weight is 490 g/mol. The van der Waals surface area contributed by atoms with Gasteiger partial charge in [0.1, 0.15) is 5.82 Å². The molecule has 1 amide bonds. The largest absolute Gasteiger partial charge is 0.376 e. The Labute approximate surface area is 200 Å².